The number of aromatic nitrogens is 1. The number of rotatable bonds is 3. The first-order chi connectivity index (χ1) is 8.54. The van der Waals surface area contributed by atoms with Crippen LogP contribution in [0.2, 0.25) is 0 Å². The lowest BCUT2D eigenvalue weighted by Gasteiger charge is -2.04. The van der Waals surface area contributed by atoms with E-state index in [0.29, 0.717) is 4.47 Å². The summed E-state index contributed by atoms with van der Waals surface area (Å²) in [5.41, 5.74) is -0.143. The molecule has 0 atom stereocenters. The lowest BCUT2D eigenvalue weighted by molar-refractivity contribution is -0.385. The number of nitro groups is 1. The van der Waals surface area contributed by atoms with Crippen molar-refractivity contribution in [2.75, 3.05) is 0 Å². The van der Waals surface area contributed by atoms with Gasteiger partial charge in [0, 0.05) is 22.8 Å². The summed E-state index contributed by atoms with van der Waals surface area (Å²) < 4.78 is 18.8. The van der Waals surface area contributed by atoms with E-state index in [1.165, 1.54) is 30.5 Å². The number of benzene rings is 1. The van der Waals surface area contributed by atoms with Gasteiger partial charge in [0.05, 0.1) is 11.0 Å². The molecule has 7 heteroatoms. The summed E-state index contributed by atoms with van der Waals surface area (Å²) in [4.78, 5) is 13.8. The van der Waals surface area contributed by atoms with Crippen molar-refractivity contribution < 1.29 is 14.1 Å². The highest BCUT2D eigenvalue weighted by Crippen LogP contribution is 2.26. The monoisotopic (exact) mass is 312 g/mol. The van der Waals surface area contributed by atoms with Crippen LogP contribution in [0.4, 0.5) is 10.1 Å². The van der Waals surface area contributed by atoms with E-state index in [9.17, 15) is 14.5 Å². The molecule has 0 fully saturated rings. The van der Waals surface area contributed by atoms with Gasteiger partial charge in [0.2, 0.25) is 5.88 Å². The van der Waals surface area contributed by atoms with Crippen LogP contribution in [-0.4, -0.2) is 9.91 Å². The minimum atomic E-state index is -0.559. The maximum atomic E-state index is 13.1. The number of nitrogens with zero attached hydrogens (tertiary/aromatic N) is 2. The van der Waals surface area contributed by atoms with Crippen molar-refractivity contribution in [1.82, 2.24) is 4.98 Å². The Hall–Kier alpha value is -2.02. The highest BCUT2D eigenvalue weighted by atomic mass is 79.9. The first-order valence-electron chi connectivity index (χ1n) is 4.79. The summed E-state index contributed by atoms with van der Waals surface area (Å²) in [6, 6.07) is 6.37. The summed E-state index contributed by atoms with van der Waals surface area (Å²) in [6.07, 6.45) is 1.25. The molecular weight excluding hydrogens is 307 g/mol. The fourth-order valence-corrected chi connectivity index (χ4v) is 1.72. The van der Waals surface area contributed by atoms with Gasteiger partial charge in [-0.05, 0) is 12.1 Å². The van der Waals surface area contributed by atoms with Crippen LogP contribution in [0.25, 0.3) is 0 Å². The third kappa shape index (κ3) is 3.01. The maximum absolute atomic E-state index is 13.1. The Balaban J connectivity index is 2.28. The van der Waals surface area contributed by atoms with Crippen molar-refractivity contribution in [3.05, 3.63) is 56.9 Å². The molecule has 18 heavy (non-hydrogen) atoms. The fourth-order valence-electron chi connectivity index (χ4n) is 1.28. The van der Waals surface area contributed by atoms with Crippen molar-refractivity contribution in [2.24, 2.45) is 0 Å². The van der Waals surface area contributed by atoms with Gasteiger partial charge in [-0.1, -0.05) is 15.9 Å². The van der Waals surface area contributed by atoms with Crippen molar-refractivity contribution in [2.45, 2.75) is 0 Å². The van der Waals surface area contributed by atoms with Crippen molar-refractivity contribution >= 4 is 21.6 Å². The van der Waals surface area contributed by atoms with Crippen LogP contribution in [0, 0.1) is 15.9 Å². The Morgan fingerprint density at radius 2 is 2.11 bits per heavy atom. The van der Waals surface area contributed by atoms with Gasteiger partial charge in [-0.25, -0.2) is 9.37 Å². The molecular formula is C11H6BrFN2O3. The number of hydrogen-bond donors (Lipinski definition) is 0. The minimum Gasteiger partial charge on any atom is -0.439 e. The lowest BCUT2D eigenvalue weighted by atomic mass is 10.3. The Bertz CT molecular complexity index is 586. The molecule has 0 radical (unpaired) electrons. The largest absolute Gasteiger partial charge is 0.439 e. The van der Waals surface area contributed by atoms with Crippen molar-refractivity contribution in [3.8, 4) is 11.6 Å². The predicted molar refractivity (Wildman–Crippen MR) is 65.1 cm³/mol. The molecule has 0 aliphatic heterocycles. The number of halogens is 2. The second kappa shape index (κ2) is 5.09. The number of hydrogen-bond acceptors (Lipinski definition) is 4. The number of ether oxygens (including phenoxy) is 1. The van der Waals surface area contributed by atoms with E-state index in [-0.39, 0.29) is 17.3 Å². The van der Waals surface area contributed by atoms with Crippen LogP contribution in [0.3, 0.4) is 0 Å². The molecule has 1 aromatic carbocycles. The van der Waals surface area contributed by atoms with Gasteiger partial charge in [-0.3, -0.25) is 10.1 Å². The maximum Gasteiger partial charge on any atom is 0.276 e. The minimum absolute atomic E-state index is 0.0294. The van der Waals surface area contributed by atoms with Crippen LogP contribution in [0.1, 0.15) is 0 Å². The van der Waals surface area contributed by atoms with E-state index in [0.717, 1.165) is 6.07 Å². The van der Waals surface area contributed by atoms with E-state index in [4.69, 9.17) is 4.74 Å². The van der Waals surface area contributed by atoms with Gasteiger partial charge in [0.25, 0.3) is 5.69 Å². The van der Waals surface area contributed by atoms with Gasteiger partial charge in [-0.15, -0.1) is 0 Å². The molecule has 5 nitrogen and oxygen atoms in total. The Kier molecular flexibility index (Phi) is 3.52. The molecule has 0 aliphatic rings. The quantitative estimate of drug-likeness (QED) is 0.640. The summed E-state index contributed by atoms with van der Waals surface area (Å²) in [5.74, 6) is -0.249. The standard InChI is InChI=1S/C11H6BrFN2O3/c12-7-3-8(13)5-10(4-7)18-11-6-9(15(16)17)1-2-14-11/h1-6H. The van der Waals surface area contributed by atoms with Gasteiger partial charge >= 0.3 is 0 Å². The fraction of sp³-hybridized carbons (Fsp3) is 0. The van der Waals surface area contributed by atoms with Gasteiger partial charge < -0.3 is 4.74 Å². The second-order valence-electron chi connectivity index (χ2n) is 3.32. The third-order valence-electron chi connectivity index (χ3n) is 1.99. The highest BCUT2D eigenvalue weighted by Gasteiger charge is 2.09. The summed E-state index contributed by atoms with van der Waals surface area (Å²) in [5, 5.41) is 10.6. The molecule has 92 valence electrons. The average Bonchev–Trinajstić information content (AvgIpc) is 2.27. The Morgan fingerprint density at radius 3 is 2.78 bits per heavy atom. The lowest BCUT2D eigenvalue weighted by Crippen LogP contribution is -1.92. The van der Waals surface area contributed by atoms with Crippen LogP contribution >= 0.6 is 15.9 Å². The van der Waals surface area contributed by atoms with E-state index in [2.05, 4.69) is 20.9 Å². The molecule has 2 aromatic rings. The smallest absolute Gasteiger partial charge is 0.276 e. The summed E-state index contributed by atoms with van der Waals surface area (Å²) >= 11 is 3.12. The summed E-state index contributed by atoms with van der Waals surface area (Å²) in [7, 11) is 0. The van der Waals surface area contributed by atoms with Crippen LogP contribution in [-0.2, 0) is 0 Å². The topological polar surface area (TPSA) is 65.3 Å². The van der Waals surface area contributed by atoms with Crippen LogP contribution in [0.5, 0.6) is 11.6 Å². The SMILES string of the molecule is O=[N+]([O-])c1ccnc(Oc2cc(F)cc(Br)c2)c1. The summed E-state index contributed by atoms with van der Waals surface area (Å²) in [6.45, 7) is 0. The Labute approximate surface area is 110 Å². The Morgan fingerprint density at radius 1 is 1.33 bits per heavy atom. The normalized spacial score (nSPS) is 10.1. The zero-order chi connectivity index (χ0) is 13.1. The van der Waals surface area contributed by atoms with E-state index in [1.54, 1.807) is 0 Å². The van der Waals surface area contributed by atoms with Crippen molar-refractivity contribution in [1.29, 1.82) is 0 Å². The van der Waals surface area contributed by atoms with E-state index < -0.39 is 10.7 Å². The third-order valence-corrected chi connectivity index (χ3v) is 2.45. The molecule has 0 N–H and O–H groups in total. The molecule has 0 saturated carbocycles. The molecule has 0 saturated heterocycles. The second-order valence-corrected chi connectivity index (χ2v) is 4.23. The average molecular weight is 313 g/mol. The van der Waals surface area contributed by atoms with Gasteiger partial charge in [0.15, 0.2) is 0 Å². The molecule has 0 bridgehead atoms. The van der Waals surface area contributed by atoms with E-state index >= 15 is 0 Å². The van der Waals surface area contributed by atoms with Crippen molar-refractivity contribution in [3.63, 3.8) is 0 Å². The zero-order valence-electron chi connectivity index (χ0n) is 8.84. The molecule has 0 spiro atoms. The first-order valence-corrected chi connectivity index (χ1v) is 5.58. The zero-order valence-corrected chi connectivity index (χ0v) is 10.4. The molecule has 0 aliphatic carbocycles. The highest BCUT2D eigenvalue weighted by molar-refractivity contribution is 9.10. The predicted octanol–water partition coefficient (Wildman–Crippen LogP) is 3.68. The molecule has 0 unspecified atom stereocenters. The van der Waals surface area contributed by atoms with Crippen LogP contribution < -0.4 is 4.74 Å². The van der Waals surface area contributed by atoms with Crippen LogP contribution in [0.15, 0.2) is 41.0 Å². The molecule has 1 aromatic heterocycles. The van der Waals surface area contributed by atoms with Gasteiger partial charge in [-0.2, -0.15) is 0 Å². The molecule has 1 heterocycles. The van der Waals surface area contributed by atoms with Gasteiger partial charge in [0.1, 0.15) is 11.6 Å². The number of pyridine rings is 1. The van der Waals surface area contributed by atoms with E-state index in [1.807, 2.05) is 0 Å². The molecule has 0 amide bonds. The molecule has 2 rings (SSSR count). The first kappa shape index (κ1) is 12.4.